The van der Waals surface area contributed by atoms with Gasteiger partial charge in [0.2, 0.25) is 5.91 Å². The van der Waals surface area contributed by atoms with Gasteiger partial charge in [-0.05, 0) is 35.1 Å². The van der Waals surface area contributed by atoms with Crippen molar-refractivity contribution in [2.75, 3.05) is 11.1 Å². The summed E-state index contributed by atoms with van der Waals surface area (Å²) in [5.41, 5.74) is 4.95. The van der Waals surface area contributed by atoms with Gasteiger partial charge in [0.15, 0.2) is 5.58 Å². The van der Waals surface area contributed by atoms with Gasteiger partial charge < -0.3 is 9.73 Å². The lowest BCUT2D eigenvalue weighted by atomic mass is 9.92. The number of hydrogen-bond acceptors (Lipinski definition) is 4. The number of carbonyl (C=O) groups is 1. The van der Waals surface area contributed by atoms with Gasteiger partial charge in [0.1, 0.15) is 5.52 Å². The Morgan fingerprint density at radius 3 is 2.33 bits per heavy atom. The minimum absolute atomic E-state index is 0.0219. The highest BCUT2D eigenvalue weighted by molar-refractivity contribution is 7.99. The average molecular weight is 383 g/mol. The van der Waals surface area contributed by atoms with E-state index in [1.165, 1.54) is 22.9 Å². The number of benzene rings is 2. The Labute approximate surface area is 164 Å². The van der Waals surface area contributed by atoms with Crippen molar-refractivity contribution < 1.29 is 9.21 Å². The number of thioether (sulfide) groups is 1. The topological polar surface area (TPSA) is 55.1 Å². The summed E-state index contributed by atoms with van der Waals surface area (Å²) in [6, 6.07) is 13.9. The number of carbonyl (C=O) groups excluding carboxylic acids is 1. The second-order valence-corrected chi connectivity index (χ2v) is 8.26. The van der Waals surface area contributed by atoms with Crippen LogP contribution < -0.4 is 5.32 Å². The van der Waals surface area contributed by atoms with Crippen molar-refractivity contribution in [1.82, 2.24) is 4.98 Å². The van der Waals surface area contributed by atoms with Crippen molar-refractivity contribution in [2.24, 2.45) is 0 Å². The minimum Gasteiger partial charge on any atom is -0.431 e. The lowest BCUT2D eigenvalue weighted by Gasteiger charge is -2.20. The number of fused-ring (bicyclic) bond motifs is 1. The van der Waals surface area contributed by atoms with E-state index in [4.69, 9.17) is 4.42 Å². The molecule has 0 aliphatic heterocycles. The van der Waals surface area contributed by atoms with E-state index in [-0.39, 0.29) is 5.91 Å². The molecule has 4 nitrogen and oxygen atoms in total. The molecule has 142 valence electrons. The molecular weight excluding hydrogens is 356 g/mol. The lowest BCUT2D eigenvalue weighted by Crippen LogP contribution is -2.16. The van der Waals surface area contributed by atoms with Crippen molar-refractivity contribution in [3.8, 4) is 0 Å². The SMILES string of the molecule is CC(C)c1cccc(C(C)C)c1NC(=O)CCSc1nc2ccccc2o1. The fraction of sp³-hybridized carbons (Fsp3) is 0.364. The van der Waals surface area contributed by atoms with E-state index in [0.29, 0.717) is 29.2 Å². The monoisotopic (exact) mass is 382 g/mol. The first kappa shape index (κ1) is 19.5. The molecule has 0 fully saturated rings. The normalized spacial score (nSPS) is 11.5. The maximum absolute atomic E-state index is 12.5. The van der Waals surface area contributed by atoms with E-state index in [1.54, 1.807) is 0 Å². The standard InChI is InChI=1S/C22H26N2O2S/c1-14(2)16-8-7-9-17(15(3)4)21(16)24-20(25)12-13-27-22-23-18-10-5-6-11-19(18)26-22/h5-11,14-15H,12-13H2,1-4H3,(H,24,25). The number of amides is 1. The van der Waals surface area contributed by atoms with E-state index in [9.17, 15) is 4.79 Å². The first-order chi connectivity index (χ1) is 13.0. The molecule has 0 saturated heterocycles. The van der Waals surface area contributed by atoms with E-state index in [1.807, 2.05) is 24.3 Å². The van der Waals surface area contributed by atoms with Gasteiger partial charge in [0.25, 0.3) is 5.22 Å². The highest BCUT2D eigenvalue weighted by Gasteiger charge is 2.16. The van der Waals surface area contributed by atoms with Gasteiger partial charge in [0.05, 0.1) is 0 Å². The summed E-state index contributed by atoms with van der Waals surface area (Å²) in [4.78, 5) is 17.0. The quantitative estimate of drug-likeness (QED) is 0.495. The molecule has 0 aliphatic rings. The Hall–Kier alpha value is -2.27. The van der Waals surface area contributed by atoms with Crippen molar-refractivity contribution in [3.63, 3.8) is 0 Å². The van der Waals surface area contributed by atoms with Crippen LogP contribution in [0.3, 0.4) is 0 Å². The summed E-state index contributed by atoms with van der Waals surface area (Å²) in [6.45, 7) is 8.60. The average Bonchev–Trinajstić information content (AvgIpc) is 3.04. The van der Waals surface area contributed by atoms with Gasteiger partial charge in [-0.15, -0.1) is 0 Å². The van der Waals surface area contributed by atoms with Gasteiger partial charge in [-0.3, -0.25) is 4.79 Å². The lowest BCUT2D eigenvalue weighted by molar-refractivity contribution is -0.115. The van der Waals surface area contributed by atoms with Crippen LogP contribution in [-0.2, 0) is 4.79 Å². The van der Waals surface area contributed by atoms with Gasteiger partial charge in [-0.1, -0.05) is 69.8 Å². The first-order valence-corrected chi connectivity index (χ1v) is 10.3. The molecule has 0 bridgehead atoms. The Kier molecular flexibility index (Phi) is 6.22. The molecule has 0 saturated carbocycles. The molecule has 27 heavy (non-hydrogen) atoms. The van der Waals surface area contributed by atoms with Gasteiger partial charge in [-0.2, -0.15) is 0 Å². The van der Waals surface area contributed by atoms with Crippen LogP contribution in [0.1, 0.15) is 57.1 Å². The van der Waals surface area contributed by atoms with Gasteiger partial charge >= 0.3 is 0 Å². The fourth-order valence-electron chi connectivity index (χ4n) is 3.04. The third-order valence-corrected chi connectivity index (χ3v) is 5.30. The molecule has 0 atom stereocenters. The predicted molar refractivity (Wildman–Crippen MR) is 113 cm³/mol. The second kappa shape index (κ2) is 8.61. The first-order valence-electron chi connectivity index (χ1n) is 9.36. The molecular formula is C22H26N2O2S. The van der Waals surface area contributed by atoms with Crippen LogP contribution in [0.25, 0.3) is 11.1 Å². The number of aromatic nitrogens is 1. The molecule has 2 aromatic carbocycles. The van der Waals surface area contributed by atoms with Crippen LogP contribution in [0.2, 0.25) is 0 Å². The molecule has 3 aromatic rings. The molecule has 1 N–H and O–H groups in total. The second-order valence-electron chi connectivity index (χ2n) is 7.22. The summed E-state index contributed by atoms with van der Waals surface area (Å²) >= 11 is 1.47. The summed E-state index contributed by atoms with van der Waals surface area (Å²) in [7, 11) is 0. The smallest absolute Gasteiger partial charge is 0.256 e. The number of oxazole rings is 1. The fourth-order valence-corrected chi connectivity index (χ4v) is 3.81. The molecule has 1 heterocycles. The van der Waals surface area contributed by atoms with Crippen molar-refractivity contribution in [2.45, 2.75) is 51.2 Å². The number of nitrogens with one attached hydrogen (secondary N) is 1. The van der Waals surface area contributed by atoms with E-state index in [0.717, 1.165) is 16.8 Å². The molecule has 3 rings (SSSR count). The third-order valence-electron chi connectivity index (χ3n) is 4.47. The maximum Gasteiger partial charge on any atom is 0.256 e. The van der Waals surface area contributed by atoms with Crippen LogP contribution in [0.5, 0.6) is 0 Å². The number of anilines is 1. The number of hydrogen-bond donors (Lipinski definition) is 1. The molecule has 0 unspecified atom stereocenters. The Morgan fingerprint density at radius 2 is 1.70 bits per heavy atom. The van der Waals surface area contributed by atoms with Crippen LogP contribution in [-0.4, -0.2) is 16.6 Å². The van der Waals surface area contributed by atoms with Crippen LogP contribution in [0, 0.1) is 0 Å². The molecule has 5 heteroatoms. The van der Waals surface area contributed by atoms with Crippen molar-refractivity contribution in [3.05, 3.63) is 53.6 Å². The Balaban J connectivity index is 1.64. The number of para-hydroxylation sites is 3. The molecule has 0 spiro atoms. The summed E-state index contributed by atoms with van der Waals surface area (Å²) < 4.78 is 5.69. The Bertz CT molecular complexity index is 872. The maximum atomic E-state index is 12.5. The van der Waals surface area contributed by atoms with Gasteiger partial charge in [0, 0.05) is 17.9 Å². The van der Waals surface area contributed by atoms with E-state index < -0.39 is 0 Å². The zero-order chi connectivity index (χ0) is 19.4. The molecule has 0 aliphatic carbocycles. The molecule has 1 amide bonds. The van der Waals surface area contributed by atoms with E-state index in [2.05, 4.69) is 56.2 Å². The van der Waals surface area contributed by atoms with Crippen LogP contribution in [0.4, 0.5) is 5.69 Å². The Morgan fingerprint density at radius 1 is 1.04 bits per heavy atom. The number of rotatable bonds is 7. The highest BCUT2D eigenvalue weighted by Crippen LogP contribution is 2.32. The van der Waals surface area contributed by atoms with Crippen molar-refractivity contribution in [1.29, 1.82) is 0 Å². The van der Waals surface area contributed by atoms with Crippen LogP contribution in [0.15, 0.2) is 52.1 Å². The zero-order valence-electron chi connectivity index (χ0n) is 16.3. The summed E-state index contributed by atoms with van der Waals surface area (Å²) in [5.74, 6) is 1.36. The zero-order valence-corrected chi connectivity index (χ0v) is 17.1. The summed E-state index contributed by atoms with van der Waals surface area (Å²) in [6.07, 6.45) is 0.410. The van der Waals surface area contributed by atoms with E-state index >= 15 is 0 Å². The largest absolute Gasteiger partial charge is 0.431 e. The highest BCUT2D eigenvalue weighted by atomic mass is 32.2. The molecule has 0 radical (unpaired) electrons. The predicted octanol–water partition coefficient (Wildman–Crippen LogP) is 6.20. The van der Waals surface area contributed by atoms with Crippen LogP contribution >= 0.6 is 11.8 Å². The summed E-state index contributed by atoms with van der Waals surface area (Å²) in [5, 5.41) is 3.76. The molecule has 1 aromatic heterocycles. The van der Waals surface area contributed by atoms with Gasteiger partial charge in [-0.25, -0.2) is 4.98 Å². The van der Waals surface area contributed by atoms with Crippen molar-refractivity contribution >= 4 is 34.5 Å². The number of nitrogens with zero attached hydrogens (tertiary/aromatic N) is 1. The third kappa shape index (κ3) is 4.72. The minimum atomic E-state index is 0.0219.